The van der Waals surface area contributed by atoms with E-state index in [0.29, 0.717) is 0 Å². The van der Waals surface area contributed by atoms with Gasteiger partial charge in [0.2, 0.25) is 0 Å². The van der Waals surface area contributed by atoms with Crippen LogP contribution in [0.25, 0.3) is 0 Å². The maximum Gasteiger partial charge on any atom is 0.267 e. The molecule has 0 spiro atoms. The van der Waals surface area contributed by atoms with Crippen molar-refractivity contribution in [2.75, 3.05) is 11.4 Å². The third-order valence-electron chi connectivity index (χ3n) is 3.70. The van der Waals surface area contributed by atoms with E-state index in [2.05, 4.69) is 6.92 Å². The zero-order valence-electron chi connectivity index (χ0n) is 12.6. The first-order valence-corrected chi connectivity index (χ1v) is 7.42. The number of hydrogen-bond donors (Lipinski definition) is 1. The molecule has 2 unspecified atom stereocenters. The monoisotopic (exact) mass is 276 g/mol. The minimum Gasteiger partial charge on any atom is -0.479 e. The number of benzene rings is 1. The molecular formula is C16H24N2O2. The van der Waals surface area contributed by atoms with Crippen LogP contribution >= 0.6 is 0 Å². The second-order valence-electron chi connectivity index (χ2n) is 5.47. The van der Waals surface area contributed by atoms with Gasteiger partial charge in [0.25, 0.3) is 5.91 Å². The molecule has 2 rings (SSSR count). The molecule has 0 bridgehead atoms. The molecule has 2 N–H and O–H groups in total. The molecule has 4 nitrogen and oxygen atoms in total. The summed E-state index contributed by atoms with van der Waals surface area (Å²) in [6.45, 7) is 6.65. The second kappa shape index (κ2) is 6.27. The number of nitrogens with zero attached hydrogens (tertiary/aromatic N) is 1. The predicted octanol–water partition coefficient (Wildman–Crippen LogP) is 3.01. The number of rotatable bonds is 5. The highest BCUT2D eigenvalue weighted by atomic mass is 16.5. The number of unbranched alkanes of at least 4 members (excludes halogenated alkanes) is 2. The van der Waals surface area contributed by atoms with Crippen molar-refractivity contribution in [1.29, 1.82) is 0 Å². The van der Waals surface area contributed by atoms with Crippen LogP contribution in [0.5, 0.6) is 5.75 Å². The molecule has 1 aliphatic rings. The van der Waals surface area contributed by atoms with E-state index >= 15 is 0 Å². The summed E-state index contributed by atoms with van der Waals surface area (Å²) in [6.07, 6.45) is 2.86. The number of anilines is 1. The van der Waals surface area contributed by atoms with Gasteiger partial charge in [0.05, 0.1) is 5.69 Å². The molecule has 1 aromatic carbocycles. The summed E-state index contributed by atoms with van der Waals surface area (Å²) in [5.41, 5.74) is 7.82. The fourth-order valence-corrected chi connectivity index (χ4v) is 2.46. The largest absolute Gasteiger partial charge is 0.479 e. The van der Waals surface area contributed by atoms with E-state index in [-0.39, 0.29) is 11.9 Å². The van der Waals surface area contributed by atoms with Crippen LogP contribution in [0.1, 0.15) is 51.6 Å². The second-order valence-corrected chi connectivity index (χ2v) is 5.47. The Labute approximate surface area is 120 Å². The summed E-state index contributed by atoms with van der Waals surface area (Å²) >= 11 is 0. The molecule has 1 aliphatic heterocycles. The van der Waals surface area contributed by atoms with E-state index in [1.807, 2.05) is 30.0 Å². The van der Waals surface area contributed by atoms with Gasteiger partial charge in [0.15, 0.2) is 6.10 Å². The molecule has 0 fully saturated rings. The van der Waals surface area contributed by atoms with Crippen LogP contribution in [0, 0.1) is 0 Å². The Morgan fingerprint density at radius 1 is 1.40 bits per heavy atom. The van der Waals surface area contributed by atoms with E-state index in [9.17, 15) is 4.79 Å². The summed E-state index contributed by atoms with van der Waals surface area (Å²) in [7, 11) is 0. The van der Waals surface area contributed by atoms with Crippen molar-refractivity contribution in [3.05, 3.63) is 23.8 Å². The lowest BCUT2D eigenvalue weighted by Crippen LogP contribution is -2.45. The molecule has 0 aliphatic carbocycles. The molecule has 0 aromatic heterocycles. The third-order valence-corrected chi connectivity index (χ3v) is 3.70. The Balaban J connectivity index is 2.31. The first-order chi connectivity index (χ1) is 9.54. The smallest absolute Gasteiger partial charge is 0.267 e. The fourth-order valence-electron chi connectivity index (χ4n) is 2.46. The number of carbonyl (C=O) groups is 1. The SMILES string of the molecule is CCCCCN1C(=O)C(C)Oc2ccc(C(C)N)cc21. The predicted molar refractivity (Wildman–Crippen MR) is 81.0 cm³/mol. The minimum absolute atomic E-state index is 0.0374. The van der Waals surface area contributed by atoms with Crippen LogP contribution in [0.4, 0.5) is 5.69 Å². The highest BCUT2D eigenvalue weighted by molar-refractivity contribution is 5.99. The first kappa shape index (κ1) is 14.9. The molecular weight excluding hydrogens is 252 g/mol. The van der Waals surface area contributed by atoms with Crippen LogP contribution < -0.4 is 15.4 Å². The third kappa shape index (κ3) is 2.96. The van der Waals surface area contributed by atoms with Gasteiger partial charge in [-0.25, -0.2) is 0 Å². The Kier molecular flexibility index (Phi) is 4.65. The average molecular weight is 276 g/mol. The average Bonchev–Trinajstić information content (AvgIpc) is 2.42. The molecule has 4 heteroatoms. The van der Waals surface area contributed by atoms with Crippen molar-refractivity contribution in [2.45, 2.75) is 52.2 Å². The van der Waals surface area contributed by atoms with Crippen molar-refractivity contribution in [1.82, 2.24) is 0 Å². The number of fused-ring (bicyclic) bond motifs is 1. The van der Waals surface area contributed by atoms with Gasteiger partial charge in [-0.1, -0.05) is 25.8 Å². The van der Waals surface area contributed by atoms with Crippen molar-refractivity contribution < 1.29 is 9.53 Å². The van der Waals surface area contributed by atoms with Crippen molar-refractivity contribution in [3.63, 3.8) is 0 Å². The lowest BCUT2D eigenvalue weighted by Gasteiger charge is -2.33. The molecule has 1 aromatic rings. The number of nitrogens with two attached hydrogens (primary N) is 1. The topological polar surface area (TPSA) is 55.6 Å². The summed E-state index contributed by atoms with van der Waals surface area (Å²) in [5.74, 6) is 0.813. The van der Waals surface area contributed by atoms with Gasteiger partial charge in [-0.2, -0.15) is 0 Å². The van der Waals surface area contributed by atoms with Gasteiger partial charge in [-0.15, -0.1) is 0 Å². The van der Waals surface area contributed by atoms with E-state index < -0.39 is 6.10 Å². The molecule has 1 amide bonds. The summed E-state index contributed by atoms with van der Waals surface area (Å²) in [6, 6.07) is 5.82. The molecule has 0 saturated carbocycles. The van der Waals surface area contributed by atoms with Gasteiger partial charge in [0, 0.05) is 12.6 Å². The zero-order chi connectivity index (χ0) is 14.7. The quantitative estimate of drug-likeness (QED) is 0.841. The zero-order valence-corrected chi connectivity index (χ0v) is 12.6. The van der Waals surface area contributed by atoms with Gasteiger partial charge in [-0.05, 0) is 38.0 Å². The fraction of sp³-hybridized carbons (Fsp3) is 0.562. The molecule has 20 heavy (non-hydrogen) atoms. The van der Waals surface area contributed by atoms with E-state index in [1.165, 1.54) is 0 Å². The van der Waals surface area contributed by atoms with Crippen molar-refractivity contribution in [3.8, 4) is 5.75 Å². The van der Waals surface area contributed by atoms with Crippen molar-refractivity contribution >= 4 is 11.6 Å². The summed E-state index contributed by atoms with van der Waals surface area (Å²) in [4.78, 5) is 14.2. The van der Waals surface area contributed by atoms with Crippen LogP contribution in [0.3, 0.4) is 0 Å². The molecule has 2 atom stereocenters. The highest BCUT2D eigenvalue weighted by Crippen LogP contribution is 2.36. The summed E-state index contributed by atoms with van der Waals surface area (Å²) in [5, 5.41) is 0. The first-order valence-electron chi connectivity index (χ1n) is 7.42. The number of amides is 1. The summed E-state index contributed by atoms with van der Waals surface area (Å²) < 4.78 is 5.68. The number of ether oxygens (including phenoxy) is 1. The van der Waals surface area contributed by atoms with E-state index in [0.717, 1.165) is 42.8 Å². The van der Waals surface area contributed by atoms with Gasteiger partial charge < -0.3 is 15.4 Å². The van der Waals surface area contributed by atoms with Crippen LogP contribution in [-0.4, -0.2) is 18.6 Å². The Morgan fingerprint density at radius 2 is 2.15 bits per heavy atom. The minimum atomic E-state index is -0.412. The van der Waals surface area contributed by atoms with Gasteiger partial charge >= 0.3 is 0 Å². The molecule has 1 heterocycles. The Morgan fingerprint density at radius 3 is 2.80 bits per heavy atom. The van der Waals surface area contributed by atoms with E-state index in [1.54, 1.807) is 6.92 Å². The maximum atomic E-state index is 12.3. The standard InChI is InChI=1S/C16H24N2O2/c1-4-5-6-9-18-14-10-13(11(2)17)7-8-15(14)20-12(3)16(18)19/h7-8,10-12H,4-6,9,17H2,1-3H3. The van der Waals surface area contributed by atoms with Crippen LogP contribution in [0.15, 0.2) is 18.2 Å². The highest BCUT2D eigenvalue weighted by Gasteiger charge is 2.31. The molecule has 110 valence electrons. The van der Waals surface area contributed by atoms with Crippen molar-refractivity contribution in [2.24, 2.45) is 5.73 Å². The maximum absolute atomic E-state index is 12.3. The number of hydrogen-bond acceptors (Lipinski definition) is 3. The van der Waals surface area contributed by atoms with Crippen LogP contribution in [-0.2, 0) is 4.79 Å². The van der Waals surface area contributed by atoms with Gasteiger partial charge in [0.1, 0.15) is 5.75 Å². The normalized spacial score (nSPS) is 19.5. The lowest BCUT2D eigenvalue weighted by molar-refractivity contribution is -0.125. The molecule has 0 saturated heterocycles. The van der Waals surface area contributed by atoms with E-state index in [4.69, 9.17) is 10.5 Å². The van der Waals surface area contributed by atoms with Gasteiger partial charge in [-0.3, -0.25) is 4.79 Å². The lowest BCUT2D eigenvalue weighted by atomic mass is 10.1. The van der Waals surface area contributed by atoms with Crippen LogP contribution in [0.2, 0.25) is 0 Å². The molecule has 0 radical (unpaired) electrons. The Bertz CT molecular complexity index is 485. The Hall–Kier alpha value is -1.55. The number of carbonyl (C=O) groups excluding carboxylic acids is 1.